The summed E-state index contributed by atoms with van der Waals surface area (Å²) in [6.07, 6.45) is 7.62. The summed E-state index contributed by atoms with van der Waals surface area (Å²) in [5, 5.41) is 107. The molecule has 0 aliphatic carbocycles. The zero-order valence-electron chi connectivity index (χ0n) is 41.6. The standard InChI is InChI=1S/2C19H22N2O4.4NO3.2Ni.10H2O.2Yb/c2*1-24-16-8-3-6-14(18(16)22)12-20-10-5-11-21-13-15-7-4-9-17(25-2)19(15)23;4*2-1(3)4;;;;;;;;;;;;;;/h2*3-4,6-9,12-13,22-23H,5,10-11H2,1-2H3;;;;;;;10*1H2;;/q;;4*-1;+2;+3;;;;;;;;;;;+2;+3/p-2. The molecule has 0 saturated heterocycles. The molecule has 0 aliphatic heterocycles. The Kier molecular flexibility index (Phi) is 108. The zero-order valence-corrected chi connectivity index (χ0v) is 47.0. The molecule has 0 aromatic heterocycles. The molecule has 22 N–H and O–H groups in total. The van der Waals surface area contributed by atoms with Gasteiger partial charge in [-0.1, -0.05) is 71.5 Å². The van der Waals surface area contributed by atoms with Gasteiger partial charge in [0.25, 0.3) is 0 Å². The number of aliphatic imine (C=N–C) groups is 4. The van der Waals surface area contributed by atoms with Gasteiger partial charge in [0.1, 0.15) is 23.0 Å². The number of para-hydroxylation sites is 4. The fourth-order valence-corrected chi connectivity index (χ4v) is 4.34. The van der Waals surface area contributed by atoms with E-state index >= 15 is 0 Å². The maximum Gasteiger partial charge on any atom is 3.00 e. The first-order valence-electron chi connectivity index (χ1n) is 17.9. The number of benzene rings is 4. The van der Waals surface area contributed by atoms with Gasteiger partial charge in [-0.3, -0.25) is 20.0 Å². The quantitative estimate of drug-likeness (QED) is 0.0254. The van der Waals surface area contributed by atoms with Gasteiger partial charge in [0.15, 0.2) is 0 Å². The molecule has 2 radical (unpaired) electrons. The van der Waals surface area contributed by atoms with Crippen molar-refractivity contribution in [2.24, 2.45) is 20.0 Å². The van der Waals surface area contributed by atoms with Gasteiger partial charge in [0.2, 0.25) is 0 Å². The fraction of sp³-hybridized carbons (Fsp3) is 0.263. The summed E-state index contributed by atoms with van der Waals surface area (Å²) in [6.45, 7) is 2.15. The van der Waals surface area contributed by atoms with Crippen molar-refractivity contribution in [3.8, 4) is 46.0 Å². The molecule has 0 fully saturated rings. The number of hydrogen-bond acceptors (Lipinski definition) is 26. The third-order valence-electron chi connectivity index (χ3n) is 6.99. The summed E-state index contributed by atoms with van der Waals surface area (Å²) < 4.78 is 19.9. The molecule has 0 atom stereocenters. The number of hydrogen-bond donors (Lipinski definition) is 0. The molecule has 0 spiro atoms. The van der Waals surface area contributed by atoms with Crippen molar-refractivity contribution in [1.82, 2.24) is 0 Å². The second-order valence-electron chi connectivity index (χ2n) is 11.3. The van der Waals surface area contributed by atoms with Gasteiger partial charge < -0.3 is 155 Å². The van der Waals surface area contributed by atoms with E-state index in [1.165, 1.54) is 28.4 Å². The molecule has 0 bridgehead atoms. The van der Waals surface area contributed by atoms with Crippen LogP contribution in [0.4, 0.5) is 0 Å². The van der Waals surface area contributed by atoms with Crippen LogP contribution in [0, 0.1) is 155 Å². The van der Waals surface area contributed by atoms with Crippen molar-refractivity contribution < 1.29 is 241 Å². The molecule has 4 aromatic carbocycles. The third-order valence-corrected chi connectivity index (χ3v) is 6.99. The van der Waals surface area contributed by atoms with Gasteiger partial charge in [-0.15, -0.1) is 0 Å². The van der Waals surface area contributed by atoms with Crippen molar-refractivity contribution in [3.63, 3.8) is 0 Å². The number of methoxy groups -OCH3 is 4. The Labute approximate surface area is 550 Å². The molecule has 4 aromatic rings. The molecule has 0 saturated carbocycles. The Morgan fingerprint density at radius 1 is 0.400 bits per heavy atom. The summed E-state index contributed by atoms with van der Waals surface area (Å²) in [5.41, 5.74) is 1.98. The summed E-state index contributed by atoms with van der Waals surface area (Å²) >= 11 is 0. The Balaban J connectivity index is -0.0000000504. The van der Waals surface area contributed by atoms with E-state index in [9.17, 15) is 20.4 Å². The van der Waals surface area contributed by atoms with E-state index in [1.807, 2.05) is 0 Å². The van der Waals surface area contributed by atoms with Crippen LogP contribution < -0.4 is 39.4 Å². The van der Waals surface area contributed by atoms with E-state index in [0.29, 0.717) is 84.3 Å². The van der Waals surface area contributed by atoms with Gasteiger partial charge in [-0.05, 0) is 59.4 Å². The second-order valence-corrected chi connectivity index (χ2v) is 11.3. The van der Waals surface area contributed by atoms with Gasteiger partial charge >= 0.3 is 127 Å². The summed E-state index contributed by atoms with van der Waals surface area (Å²) in [4.78, 5) is 49.9. The minimum Gasteiger partial charge on any atom is -0.870 e. The van der Waals surface area contributed by atoms with Crippen LogP contribution in [0.3, 0.4) is 0 Å². The summed E-state index contributed by atoms with van der Waals surface area (Å²) in [7, 11) is 5.85. The predicted molar refractivity (Wildman–Crippen MR) is 268 cm³/mol. The molecule has 0 amide bonds. The largest absolute Gasteiger partial charge is 3.00 e. The molecule has 478 valence electrons. The molecular formula is C38H62N8Ni2O30Yb2+4. The first-order valence-corrected chi connectivity index (χ1v) is 17.9. The molecule has 38 nitrogen and oxygen atoms in total. The molecular weight excluding hydrogens is 1510 g/mol. The van der Waals surface area contributed by atoms with Crippen molar-refractivity contribution in [1.29, 1.82) is 0 Å². The predicted octanol–water partition coefficient (Wildman–Crippen LogP) is -4.74. The van der Waals surface area contributed by atoms with Crippen LogP contribution in [0.2, 0.25) is 0 Å². The number of nitrogens with zero attached hydrogens (tertiary/aromatic N) is 8. The molecule has 4 rings (SSSR count). The average molecular weight is 1570 g/mol. The molecule has 0 heterocycles. The molecule has 0 unspecified atom stereocenters. The van der Waals surface area contributed by atoms with Crippen molar-refractivity contribution in [3.05, 3.63) is 156 Å². The van der Waals surface area contributed by atoms with Crippen LogP contribution in [0.1, 0.15) is 35.1 Å². The Morgan fingerprint density at radius 2 is 0.537 bits per heavy atom. The van der Waals surface area contributed by atoms with E-state index < -0.39 is 20.3 Å². The minimum atomic E-state index is -1.75. The monoisotopic (exact) mass is 1570 g/mol. The van der Waals surface area contributed by atoms with E-state index in [0.717, 1.165) is 0 Å². The van der Waals surface area contributed by atoms with E-state index in [2.05, 4.69) is 20.0 Å². The van der Waals surface area contributed by atoms with Gasteiger partial charge in [0.05, 0.1) is 48.8 Å². The second kappa shape index (κ2) is 73.4. The molecule has 42 heteroatoms. The van der Waals surface area contributed by atoms with E-state index in [4.69, 9.17) is 80.2 Å². The Hall–Kier alpha value is -5.61. The normalized spacial score (nSPS) is 8.25. The fourth-order valence-electron chi connectivity index (χ4n) is 4.34. The first-order chi connectivity index (χ1) is 31.3. The van der Waals surface area contributed by atoms with E-state index in [1.54, 1.807) is 97.7 Å². The van der Waals surface area contributed by atoms with Crippen LogP contribution in [-0.2, 0) is 54.9 Å². The van der Waals surface area contributed by atoms with Crippen LogP contribution in [-0.4, -0.2) is 133 Å². The topological polar surface area (TPSA) is 761 Å². The van der Waals surface area contributed by atoms with Crippen molar-refractivity contribution in [2.45, 2.75) is 12.8 Å². The van der Waals surface area contributed by atoms with Crippen LogP contribution in [0.15, 0.2) is 92.8 Å². The third kappa shape index (κ3) is 60.0. The smallest absolute Gasteiger partial charge is 0.870 e. The van der Waals surface area contributed by atoms with E-state index in [-0.39, 0.29) is 205 Å². The minimum absolute atomic E-state index is 0. The van der Waals surface area contributed by atoms with Gasteiger partial charge in [-0.2, -0.15) is 0 Å². The van der Waals surface area contributed by atoms with Crippen LogP contribution in [0.5, 0.6) is 46.0 Å². The summed E-state index contributed by atoms with van der Waals surface area (Å²) in [5.74, 6) is 0.530. The molecule has 80 heavy (non-hydrogen) atoms. The SMILES string of the molecule is COc1cccc(C=NCCCN=Cc2cccc(OC)c2[O-])c1[O-].COc1cccc(C=NCCCN=Cc2cccc(OC)c2[O-])c1[O-].O.O.O.O.O=[N+]([O-])[O-].O=[N+]([O-])[O-].O=[N+]([O-])[O-].O=[N+]([O-])[O-].[Ni+2].[Ni+3].[OH-].[OH-].[OH3+].[OH3+].[OH3+].[OH3+].[Yb+2].[Yb+3]. The zero-order chi connectivity index (χ0) is 50.5. The summed E-state index contributed by atoms with van der Waals surface area (Å²) in [6, 6.07) is 20.3. The maximum absolute atomic E-state index is 11.9. The maximum atomic E-state index is 11.9. The first kappa shape index (κ1) is 118. The van der Waals surface area contributed by atoms with Crippen LogP contribution >= 0.6 is 0 Å². The average Bonchev–Trinajstić information content (AvgIpc) is 3.24. The van der Waals surface area contributed by atoms with Gasteiger partial charge in [-0.25, -0.2) is 0 Å². The van der Waals surface area contributed by atoms with Crippen LogP contribution in [0.25, 0.3) is 0 Å². The van der Waals surface area contributed by atoms with Crippen molar-refractivity contribution >= 4 is 24.9 Å². The number of rotatable bonds is 16. The van der Waals surface area contributed by atoms with Gasteiger partial charge in [0, 0.05) is 51.0 Å². The Bertz CT molecular complexity index is 1930. The Morgan fingerprint density at radius 3 is 0.662 bits per heavy atom. The van der Waals surface area contributed by atoms with Crippen molar-refractivity contribution in [2.75, 3.05) is 54.6 Å². The molecule has 0 aliphatic rings. The number of ether oxygens (including phenoxy) is 4.